The summed E-state index contributed by atoms with van der Waals surface area (Å²) in [6.45, 7) is 2.15. The van der Waals surface area contributed by atoms with E-state index >= 15 is 0 Å². The predicted octanol–water partition coefficient (Wildman–Crippen LogP) is 3.72. The van der Waals surface area contributed by atoms with Crippen molar-refractivity contribution in [2.24, 2.45) is 0 Å². The van der Waals surface area contributed by atoms with Crippen LogP contribution in [0.2, 0.25) is 0 Å². The normalized spacial score (nSPS) is 15.2. The predicted molar refractivity (Wildman–Crippen MR) is 88.1 cm³/mol. The molecule has 0 saturated carbocycles. The van der Waals surface area contributed by atoms with Crippen molar-refractivity contribution in [2.45, 2.75) is 70.5 Å². The smallest absolute Gasteiger partial charge is 0.119 e. The van der Waals surface area contributed by atoms with Gasteiger partial charge < -0.3 is 15.0 Å². The number of carbonyl (C=O) groups is 1. The van der Waals surface area contributed by atoms with Crippen molar-refractivity contribution in [3.8, 4) is 0 Å². The van der Waals surface area contributed by atoms with E-state index in [1.54, 1.807) is 18.2 Å². The lowest BCUT2D eigenvalue weighted by molar-refractivity contribution is -0.107. The van der Waals surface area contributed by atoms with E-state index in [0.717, 1.165) is 38.4 Å². The standard InChI is InChI=1S/C18H30O3/c1-2-3-7-12-17(20)13-8-4-5-9-14-18(21)15-10-6-11-16-19/h4-5,8-9,13-14,16-18,20-21H,2-3,6-7,10-12,15H2,1H3/b5-4-,13-8+,14-9-. The molecule has 0 aliphatic heterocycles. The number of carbonyl (C=O) groups excluding carboxylic acids is 1. The van der Waals surface area contributed by atoms with Gasteiger partial charge in [-0.25, -0.2) is 0 Å². The molecule has 0 amide bonds. The molecule has 0 radical (unpaired) electrons. The van der Waals surface area contributed by atoms with Crippen LogP contribution < -0.4 is 0 Å². The van der Waals surface area contributed by atoms with Gasteiger partial charge in [-0.2, -0.15) is 0 Å². The summed E-state index contributed by atoms with van der Waals surface area (Å²) in [7, 11) is 0. The van der Waals surface area contributed by atoms with E-state index in [0.29, 0.717) is 12.8 Å². The van der Waals surface area contributed by atoms with Gasteiger partial charge in [0.2, 0.25) is 0 Å². The van der Waals surface area contributed by atoms with Gasteiger partial charge in [0.15, 0.2) is 0 Å². The van der Waals surface area contributed by atoms with Gasteiger partial charge in [0, 0.05) is 6.42 Å². The van der Waals surface area contributed by atoms with Crippen LogP contribution >= 0.6 is 0 Å². The van der Waals surface area contributed by atoms with E-state index in [2.05, 4.69) is 6.92 Å². The van der Waals surface area contributed by atoms with Crippen molar-refractivity contribution >= 4 is 6.29 Å². The lowest BCUT2D eigenvalue weighted by Gasteiger charge is -2.03. The van der Waals surface area contributed by atoms with Crippen molar-refractivity contribution < 1.29 is 15.0 Å². The second-order valence-electron chi connectivity index (χ2n) is 5.24. The van der Waals surface area contributed by atoms with Crippen LogP contribution in [0.4, 0.5) is 0 Å². The Balaban J connectivity index is 3.72. The number of aliphatic hydroxyl groups is 2. The first-order valence-corrected chi connectivity index (χ1v) is 8.02. The minimum absolute atomic E-state index is 0.367. The summed E-state index contributed by atoms with van der Waals surface area (Å²) in [4.78, 5) is 10.1. The Hall–Kier alpha value is -1.19. The molecular weight excluding hydrogens is 264 g/mol. The van der Waals surface area contributed by atoms with Gasteiger partial charge in [-0.15, -0.1) is 0 Å². The molecule has 2 unspecified atom stereocenters. The molecule has 0 aliphatic carbocycles. The quantitative estimate of drug-likeness (QED) is 0.309. The minimum Gasteiger partial charge on any atom is -0.389 e. The molecule has 0 aromatic heterocycles. The highest BCUT2D eigenvalue weighted by Gasteiger charge is 1.98. The number of aliphatic hydroxyl groups excluding tert-OH is 2. The molecule has 0 bridgehead atoms. The third-order valence-electron chi connectivity index (χ3n) is 3.18. The molecular formula is C18H30O3. The molecule has 2 N–H and O–H groups in total. The molecule has 0 fully saturated rings. The van der Waals surface area contributed by atoms with Crippen LogP contribution in [-0.4, -0.2) is 28.7 Å². The number of hydrogen-bond acceptors (Lipinski definition) is 3. The van der Waals surface area contributed by atoms with Crippen molar-refractivity contribution in [1.29, 1.82) is 0 Å². The van der Waals surface area contributed by atoms with Gasteiger partial charge in [0.1, 0.15) is 6.29 Å². The molecule has 0 rings (SSSR count). The largest absolute Gasteiger partial charge is 0.389 e. The maximum absolute atomic E-state index is 10.1. The molecule has 0 heterocycles. The Kier molecular flexibility index (Phi) is 14.3. The topological polar surface area (TPSA) is 57.5 Å². The van der Waals surface area contributed by atoms with E-state index in [4.69, 9.17) is 0 Å². The van der Waals surface area contributed by atoms with Crippen LogP contribution in [-0.2, 0) is 4.79 Å². The first-order chi connectivity index (χ1) is 10.2. The number of hydrogen-bond donors (Lipinski definition) is 2. The fraction of sp³-hybridized carbons (Fsp3) is 0.611. The summed E-state index contributed by atoms with van der Waals surface area (Å²) in [5.74, 6) is 0. The molecule has 0 saturated heterocycles. The zero-order chi connectivity index (χ0) is 15.8. The maximum atomic E-state index is 10.1. The second-order valence-corrected chi connectivity index (χ2v) is 5.24. The third-order valence-corrected chi connectivity index (χ3v) is 3.18. The number of allylic oxidation sites excluding steroid dienone is 4. The third kappa shape index (κ3) is 15.0. The molecule has 3 heteroatoms. The maximum Gasteiger partial charge on any atom is 0.119 e. The number of unbranched alkanes of at least 4 members (excludes halogenated alkanes) is 4. The summed E-state index contributed by atoms with van der Waals surface area (Å²) in [6, 6.07) is 0. The molecule has 2 atom stereocenters. The monoisotopic (exact) mass is 294 g/mol. The Morgan fingerprint density at radius 3 is 1.81 bits per heavy atom. The van der Waals surface area contributed by atoms with Gasteiger partial charge in [-0.1, -0.05) is 69.1 Å². The summed E-state index contributed by atoms with van der Waals surface area (Å²) < 4.78 is 0. The summed E-state index contributed by atoms with van der Waals surface area (Å²) in [6.07, 6.45) is 18.1. The average Bonchev–Trinajstić information content (AvgIpc) is 2.47. The summed E-state index contributed by atoms with van der Waals surface area (Å²) in [5, 5.41) is 19.3. The SMILES string of the molecule is CCCCCC(O)/C=C/C=C\C=C/C(O)CCCCC=O. The molecule has 21 heavy (non-hydrogen) atoms. The van der Waals surface area contributed by atoms with Crippen LogP contribution in [0.3, 0.4) is 0 Å². The molecule has 0 spiro atoms. The van der Waals surface area contributed by atoms with Gasteiger partial charge >= 0.3 is 0 Å². The van der Waals surface area contributed by atoms with Crippen LogP contribution in [0.5, 0.6) is 0 Å². The number of aldehydes is 1. The van der Waals surface area contributed by atoms with Gasteiger partial charge in [-0.05, 0) is 19.3 Å². The van der Waals surface area contributed by atoms with E-state index < -0.39 is 6.10 Å². The van der Waals surface area contributed by atoms with Crippen molar-refractivity contribution in [3.63, 3.8) is 0 Å². The molecule has 0 aromatic carbocycles. The van der Waals surface area contributed by atoms with Crippen LogP contribution in [0.1, 0.15) is 58.3 Å². The zero-order valence-corrected chi connectivity index (χ0v) is 13.2. The summed E-state index contributed by atoms with van der Waals surface area (Å²) in [5.41, 5.74) is 0. The molecule has 0 aromatic rings. The minimum atomic E-state index is -0.454. The average molecular weight is 294 g/mol. The fourth-order valence-electron chi connectivity index (χ4n) is 1.89. The van der Waals surface area contributed by atoms with Crippen molar-refractivity contribution in [2.75, 3.05) is 0 Å². The zero-order valence-electron chi connectivity index (χ0n) is 13.2. The van der Waals surface area contributed by atoms with Gasteiger partial charge in [0.05, 0.1) is 12.2 Å². The van der Waals surface area contributed by atoms with Crippen molar-refractivity contribution in [3.05, 3.63) is 36.5 Å². The Labute approximate surface area is 129 Å². The fourth-order valence-corrected chi connectivity index (χ4v) is 1.89. The van der Waals surface area contributed by atoms with E-state index in [1.165, 1.54) is 6.42 Å². The number of rotatable bonds is 13. The Morgan fingerprint density at radius 1 is 0.810 bits per heavy atom. The molecule has 120 valence electrons. The van der Waals surface area contributed by atoms with Gasteiger partial charge in [0.25, 0.3) is 0 Å². The Morgan fingerprint density at radius 2 is 1.33 bits per heavy atom. The van der Waals surface area contributed by atoms with E-state index in [-0.39, 0.29) is 6.10 Å². The van der Waals surface area contributed by atoms with E-state index in [1.807, 2.05) is 18.2 Å². The Bertz CT molecular complexity index is 318. The highest BCUT2D eigenvalue weighted by molar-refractivity contribution is 5.48. The highest BCUT2D eigenvalue weighted by atomic mass is 16.3. The van der Waals surface area contributed by atoms with Crippen molar-refractivity contribution in [1.82, 2.24) is 0 Å². The van der Waals surface area contributed by atoms with Gasteiger partial charge in [-0.3, -0.25) is 0 Å². The molecule has 0 aliphatic rings. The van der Waals surface area contributed by atoms with E-state index in [9.17, 15) is 15.0 Å². The van der Waals surface area contributed by atoms with Crippen LogP contribution in [0.15, 0.2) is 36.5 Å². The lowest BCUT2D eigenvalue weighted by Crippen LogP contribution is -2.01. The highest BCUT2D eigenvalue weighted by Crippen LogP contribution is 2.05. The summed E-state index contributed by atoms with van der Waals surface area (Å²) >= 11 is 0. The first-order valence-electron chi connectivity index (χ1n) is 8.02. The van der Waals surface area contributed by atoms with Crippen LogP contribution in [0, 0.1) is 0 Å². The molecule has 3 nitrogen and oxygen atoms in total. The lowest BCUT2D eigenvalue weighted by atomic mass is 10.1. The van der Waals surface area contributed by atoms with Crippen LogP contribution in [0.25, 0.3) is 0 Å². The first kappa shape index (κ1) is 19.8. The second kappa shape index (κ2) is 15.2.